The second-order valence-electron chi connectivity index (χ2n) is 6.54. The summed E-state index contributed by atoms with van der Waals surface area (Å²) in [6.07, 6.45) is 1.76. The summed E-state index contributed by atoms with van der Waals surface area (Å²) in [5, 5.41) is 6.65. The number of nitrogens with one attached hydrogen (secondary N) is 2. The van der Waals surface area contributed by atoms with Crippen molar-refractivity contribution in [1.29, 1.82) is 0 Å². The molecule has 0 atom stereocenters. The molecule has 5 nitrogen and oxygen atoms in total. The van der Waals surface area contributed by atoms with E-state index in [1.807, 2.05) is 54.6 Å². The molecule has 24 heavy (non-hydrogen) atoms. The van der Waals surface area contributed by atoms with Crippen LogP contribution in [0.1, 0.15) is 20.8 Å². The Bertz CT molecular complexity index is 795. The summed E-state index contributed by atoms with van der Waals surface area (Å²) in [5.74, 6) is 1.30. The fraction of sp³-hybridized carbons (Fsp3) is 0.211. The van der Waals surface area contributed by atoms with Crippen LogP contribution in [0.25, 0.3) is 11.4 Å². The first-order valence-corrected chi connectivity index (χ1v) is 7.90. The van der Waals surface area contributed by atoms with Crippen LogP contribution in [0.5, 0.6) is 0 Å². The van der Waals surface area contributed by atoms with Gasteiger partial charge in [-0.25, -0.2) is 4.98 Å². The average Bonchev–Trinajstić information content (AvgIpc) is 2.55. The predicted molar refractivity (Wildman–Crippen MR) is 98.4 cm³/mol. The number of pyridine rings is 1. The molecule has 2 aromatic heterocycles. The van der Waals surface area contributed by atoms with Crippen LogP contribution in [0.4, 0.5) is 17.5 Å². The molecule has 5 heteroatoms. The summed E-state index contributed by atoms with van der Waals surface area (Å²) < 4.78 is 0. The zero-order chi connectivity index (χ0) is 17.0. The van der Waals surface area contributed by atoms with Gasteiger partial charge in [-0.1, -0.05) is 24.3 Å². The highest BCUT2D eigenvalue weighted by Gasteiger charge is 2.14. The second kappa shape index (κ2) is 6.66. The van der Waals surface area contributed by atoms with Crippen LogP contribution in [0, 0.1) is 0 Å². The number of anilines is 3. The molecule has 0 fully saturated rings. The average molecular weight is 319 g/mol. The van der Waals surface area contributed by atoms with Crippen molar-refractivity contribution in [2.45, 2.75) is 26.3 Å². The number of aromatic nitrogens is 3. The van der Waals surface area contributed by atoms with E-state index in [0.717, 1.165) is 22.9 Å². The third-order valence-corrected chi connectivity index (χ3v) is 3.19. The fourth-order valence-corrected chi connectivity index (χ4v) is 2.22. The van der Waals surface area contributed by atoms with E-state index in [1.165, 1.54) is 0 Å². The van der Waals surface area contributed by atoms with Crippen LogP contribution in [0.2, 0.25) is 0 Å². The fourth-order valence-electron chi connectivity index (χ4n) is 2.22. The molecule has 0 aliphatic heterocycles. The van der Waals surface area contributed by atoms with Crippen LogP contribution in [-0.2, 0) is 0 Å². The highest BCUT2D eigenvalue weighted by Crippen LogP contribution is 2.23. The molecule has 3 aromatic rings. The quantitative estimate of drug-likeness (QED) is 0.741. The van der Waals surface area contributed by atoms with Gasteiger partial charge < -0.3 is 10.6 Å². The second-order valence-corrected chi connectivity index (χ2v) is 6.54. The van der Waals surface area contributed by atoms with Crippen molar-refractivity contribution in [2.75, 3.05) is 10.6 Å². The largest absolute Gasteiger partial charge is 0.350 e. The van der Waals surface area contributed by atoms with Crippen LogP contribution in [0.3, 0.4) is 0 Å². The molecule has 0 bridgehead atoms. The van der Waals surface area contributed by atoms with Gasteiger partial charge in [0.2, 0.25) is 5.95 Å². The van der Waals surface area contributed by atoms with Gasteiger partial charge in [-0.3, -0.25) is 4.98 Å². The minimum absolute atomic E-state index is 0.132. The molecule has 2 N–H and O–H groups in total. The predicted octanol–water partition coefficient (Wildman–Crippen LogP) is 4.49. The van der Waals surface area contributed by atoms with E-state index in [-0.39, 0.29) is 5.54 Å². The van der Waals surface area contributed by atoms with E-state index in [2.05, 4.69) is 46.4 Å². The van der Waals surface area contributed by atoms with E-state index in [0.29, 0.717) is 5.95 Å². The van der Waals surface area contributed by atoms with Gasteiger partial charge in [0.25, 0.3) is 0 Å². The Morgan fingerprint density at radius 1 is 0.833 bits per heavy atom. The van der Waals surface area contributed by atoms with E-state index in [9.17, 15) is 0 Å². The molecule has 122 valence electrons. The molecule has 3 rings (SSSR count). The van der Waals surface area contributed by atoms with Crippen LogP contribution >= 0.6 is 0 Å². The minimum Gasteiger partial charge on any atom is -0.350 e. The third-order valence-electron chi connectivity index (χ3n) is 3.19. The van der Waals surface area contributed by atoms with Crippen LogP contribution < -0.4 is 10.6 Å². The van der Waals surface area contributed by atoms with Gasteiger partial charge in [-0.05, 0) is 45.0 Å². The van der Waals surface area contributed by atoms with Gasteiger partial charge in [0.1, 0.15) is 5.82 Å². The van der Waals surface area contributed by atoms with Gasteiger partial charge in [0, 0.05) is 23.5 Å². The normalized spacial score (nSPS) is 11.1. The molecular weight excluding hydrogens is 298 g/mol. The molecular formula is C19H21N5. The molecule has 0 saturated carbocycles. The summed E-state index contributed by atoms with van der Waals surface area (Å²) >= 11 is 0. The van der Waals surface area contributed by atoms with Gasteiger partial charge in [0.15, 0.2) is 0 Å². The van der Waals surface area contributed by atoms with Gasteiger partial charge >= 0.3 is 0 Å². The Balaban J connectivity index is 1.99. The smallest absolute Gasteiger partial charge is 0.225 e. The zero-order valence-corrected chi connectivity index (χ0v) is 14.1. The highest BCUT2D eigenvalue weighted by atomic mass is 15.2. The SMILES string of the molecule is CC(C)(C)Nc1nc(Nc2ccccc2)cc(-c2ccccn2)n1. The number of nitrogens with zero attached hydrogens (tertiary/aromatic N) is 3. The van der Waals surface area contributed by atoms with Crippen molar-refractivity contribution in [3.05, 3.63) is 60.8 Å². The van der Waals surface area contributed by atoms with Crippen molar-refractivity contribution in [2.24, 2.45) is 0 Å². The first-order valence-electron chi connectivity index (χ1n) is 7.90. The molecule has 0 unspecified atom stereocenters. The monoisotopic (exact) mass is 319 g/mol. The Kier molecular flexibility index (Phi) is 4.42. The topological polar surface area (TPSA) is 62.7 Å². The number of hydrogen-bond donors (Lipinski definition) is 2. The summed E-state index contributed by atoms with van der Waals surface area (Å²) in [7, 11) is 0. The molecule has 0 saturated heterocycles. The summed E-state index contributed by atoms with van der Waals surface area (Å²) in [6.45, 7) is 6.23. The maximum absolute atomic E-state index is 4.61. The van der Waals surface area contributed by atoms with E-state index >= 15 is 0 Å². The Hall–Kier alpha value is -2.95. The summed E-state index contributed by atoms with van der Waals surface area (Å²) in [5.41, 5.74) is 2.43. The summed E-state index contributed by atoms with van der Waals surface area (Å²) in [6, 6.07) is 17.6. The zero-order valence-electron chi connectivity index (χ0n) is 14.1. The third kappa shape index (κ3) is 4.29. The first kappa shape index (κ1) is 15.9. The molecule has 0 aliphatic rings. The standard InChI is InChI=1S/C19H21N5/c1-19(2,3)24-18-22-16(15-11-7-8-12-20-15)13-17(23-18)21-14-9-5-4-6-10-14/h4-13H,1-3H3,(H2,21,22,23,24). The van der Waals surface area contributed by atoms with E-state index in [4.69, 9.17) is 0 Å². The van der Waals surface area contributed by atoms with Gasteiger partial charge in [0.05, 0.1) is 11.4 Å². The van der Waals surface area contributed by atoms with Crippen LogP contribution in [-0.4, -0.2) is 20.5 Å². The molecule has 0 aliphatic carbocycles. The number of benzene rings is 1. The number of para-hydroxylation sites is 1. The van der Waals surface area contributed by atoms with Gasteiger partial charge in [-0.15, -0.1) is 0 Å². The van der Waals surface area contributed by atoms with Crippen molar-refractivity contribution >= 4 is 17.5 Å². The highest BCUT2D eigenvalue weighted by molar-refractivity contribution is 5.65. The van der Waals surface area contributed by atoms with E-state index in [1.54, 1.807) is 6.20 Å². The Morgan fingerprint density at radius 3 is 2.25 bits per heavy atom. The molecule has 1 aromatic carbocycles. The van der Waals surface area contributed by atoms with Crippen molar-refractivity contribution in [3.63, 3.8) is 0 Å². The van der Waals surface area contributed by atoms with Crippen molar-refractivity contribution < 1.29 is 0 Å². The lowest BCUT2D eigenvalue weighted by Crippen LogP contribution is -2.27. The Labute approximate surface area is 142 Å². The molecule has 2 heterocycles. The Morgan fingerprint density at radius 2 is 1.58 bits per heavy atom. The molecule has 0 radical (unpaired) electrons. The molecule has 0 spiro atoms. The number of rotatable bonds is 4. The maximum Gasteiger partial charge on any atom is 0.225 e. The lowest BCUT2D eigenvalue weighted by molar-refractivity contribution is 0.626. The minimum atomic E-state index is -0.132. The van der Waals surface area contributed by atoms with Gasteiger partial charge in [-0.2, -0.15) is 4.98 Å². The van der Waals surface area contributed by atoms with Crippen molar-refractivity contribution in [3.8, 4) is 11.4 Å². The lowest BCUT2D eigenvalue weighted by Gasteiger charge is -2.21. The van der Waals surface area contributed by atoms with E-state index < -0.39 is 0 Å². The molecule has 0 amide bonds. The lowest BCUT2D eigenvalue weighted by atomic mass is 10.1. The van der Waals surface area contributed by atoms with Crippen LogP contribution in [0.15, 0.2) is 60.8 Å². The first-order chi connectivity index (χ1) is 11.5. The number of hydrogen-bond acceptors (Lipinski definition) is 5. The van der Waals surface area contributed by atoms with Crippen molar-refractivity contribution in [1.82, 2.24) is 15.0 Å². The maximum atomic E-state index is 4.61. The summed E-state index contributed by atoms with van der Waals surface area (Å²) in [4.78, 5) is 13.6.